The molecule has 4 saturated carbocycles. The van der Waals surface area contributed by atoms with Crippen molar-refractivity contribution in [2.24, 2.45) is 17.8 Å². The molecular formula is C22H28N2O. The Morgan fingerprint density at radius 3 is 2.40 bits per heavy atom. The number of aryl methyl sites for hydroxylation is 1. The molecule has 2 aromatic rings. The summed E-state index contributed by atoms with van der Waals surface area (Å²) < 4.78 is 5.74. The van der Waals surface area contributed by atoms with Crippen molar-refractivity contribution in [1.82, 2.24) is 4.98 Å². The predicted molar refractivity (Wildman–Crippen MR) is 102 cm³/mol. The maximum Gasteiger partial charge on any atom is 0.120 e. The van der Waals surface area contributed by atoms with E-state index < -0.39 is 0 Å². The van der Waals surface area contributed by atoms with E-state index in [9.17, 15) is 0 Å². The first-order chi connectivity index (χ1) is 12.1. The standard InChI is InChI=1S/C22H28N2O/c1-3-25-18-4-5-20-19(10-18)21(6-14(2)23-20)24-22-11-15-7-16(12-22)9-17(8-15)13-22/h4-6,10,15-17H,3,7-9,11-13H2,1-2H3,(H,23,24). The SMILES string of the molecule is CCOc1ccc2nc(C)cc(NC34CC5CC(CC(C5)C3)C4)c2c1. The summed E-state index contributed by atoms with van der Waals surface area (Å²) in [4.78, 5) is 4.74. The zero-order valence-electron chi connectivity index (χ0n) is 15.3. The Hall–Kier alpha value is -1.77. The second-order valence-electron chi connectivity index (χ2n) is 8.75. The second kappa shape index (κ2) is 5.62. The topological polar surface area (TPSA) is 34.1 Å². The third-order valence-corrected chi connectivity index (χ3v) is 6.66. The molecule has 0 aliphatic heterocycles. The number of pyridine rings is 1. The highest BCUT2D eigenvalue weighted by Gasteiger charge is 2.51. The lowest BCUT2D eigenvalue weighted by atomic mass is 9.53. The van der Waals surface area contributed by atoms with Crippen molar-refractivity contribution in [2.75, 3.05) is 11.9 Å². The summed E-state index contributed by atoms with van der Waals surface area (Å²) in [5, 5.41) is 5.25. The van der Waals surface area contributed by atoms with E-state index in [2.05, 4.69) is 30.4 Å². The zero-order chi connectivity index (χ0) is 17.0. The molecule has 0 amide bonds. The molecule has 1 heterocycles. The van der Waals surface area contributed by atoms with Gasteiger partial charge in [-0.2, -0.15) is 0 Å². The highest BCUT2D eigenvalue weighted by molar-refractivity contribution is 5.92. The number of fused-ring (bicyclic) bond motifs is 1. The van der Waals surface area contributed by atoms with E-state index in [1.807, 2.05) is 13.0 Å². The summed E-state index contributed by atoms with van der Waals surface area (Å²) in [7, 11) is 0. The van der Waals surface area contributed by atoms with Gasteiger partial charge in [0.05, 0.1) is 12.1 Å². The minimum atomic E-state index is 0.317. The molecule has 3 heteroatoms. The van der Waals surface area contributed by atoms with Crippen LogP contribution in [0, 0.1) is 24.7 Å². The van der Waals surface area contributed by atoms with Crippen molar-refractivity contribution in [1.29, 1.82) is 0 Å². The van der Waals surface area contributed by atoms with Gasteiger partial charge in [-0.15, -0.1) is 0 Å². The minimum Gasteiger partial charge on any atom is -0.494 e. The van der Waals surface area contributed by atoms with Gasteiger partial charge in [-0.3, -0.25) is 4.98 Å². The molecule has 25 heavy (non-hydrogen) atoms. The molecule has 4 aliphatic rings. The van der Waals surface area contributed by atoms with E-state index in [4.69, 9.17) is 9.72 Å². The fraction of sp³-hybridized carbons (Fsp3) is 0.591. The first-order valence-corrected chi connectivity index (χ1v) is 9.95. The van der Waals surface area contributed by atoms with Gasteiger partial charge in [0.25, 0.3) is 0 Å². The normalized spacial score (nSPS) is 33.0. The van der Waals surface area contributed by atoms with E-state index in [-0.39, 0.29) is 0 Å². The summed E-state index contributed by atoms with van der Waals surface area (Å²) in [6, 6.07) is 8.52. The average molecular weight is 336 g/mol. The van der Waals surface area contributed by atoms with E-state index in [0.717, 1.165) is 34.7 Å². The highest BCUT2D eigenvalue weighted by atomic mass is 16.5. The summed E-state index contributed by atoms with van der Waals surface area (Å²) in [5.41, 5.74) is 3.72. The number of anilines is 1. The number of hydrogen-bond donors (Lipinski definition) is 1. The van der Waals surface area contributed by atoms with E-state index >= 15 is 0 Å². The molecule has 0 saturated heterocycles. The van der Waals surface area contributed by atoms with Crippen molar-refractivity contribution in [3.8, 4) is 5.75 Å². The molecule has 3 nitrogen and oxygen atoms in total. The Balaban J connectivity index is 1.54. The quantitative estimate of drug-likeness (QED) is 0.820. The van der Waals surface area contributed by atoms with Crippen LogP contribution in [0.5, 0.6) is 5.75 Å². The number of ether oxygens (including phenoxy) is 1. The lowest BCUT2D eigenvalue weighted by Crippen LogP contribution is -2.54. The third-order valence-electron chi connectivity index (χ3n) is 6.66. The van der Waals surface area contributed by atoms with Gasteiger partial charge in [0.2, 0.25) is 0 Å². The number of nitrogens with zero attached hydrogens (tertiary/aromatic N) is 1. The van der Waals surface area contributed by atoms with Gasteiger partial charge >= 0.3 is 0 Å². The molecule has 0 atom stereocenters. The van der Waals surface area contributed by atoms with E-state index in [1.165, 1.54) is 49.6 Å². The lowest BCUT2D eigenvalue weighted by molar-refractivity contribution is 0.0108. The van der Waals surface area contributed by atoms with Gasteiger partial charge in [0.1, 0.15) is 5.75 Å². The van der Waals surface area contributed by atoms with Crippen molar-refractivity contribution in [3.05, 3.63) is 30.0 Å². The lowest BCUT2D eigenvalue weighted by Gasteiger charge is -2.57. The Bertz CT molecular complexity index is 778. The van der Waals surface area contributed by atoms with E-state index in [0.29, 0.717) is 12.1 Å². The van der Waals surface area contributed by atoms with Crippen LogP contribution in [0.4, 0.5) is 5.69 Å². The first-order valence-electron chi connectivity index (χ1n) is 9.95. The van der Waals surface area contributed by atoms with Crippen LogP contribution >= 0.6 is 0 Å². The smallest absolute Gasteiger partial charge is 0.120 e. The molecule has 1 aromatic carbocycles. The van der Waals surface area contributed by atoms with Gasteiger partial charge in [-0.1, -0.05) is 0 Å². The van der Waals surface area contributed by atoms with Gasteiger partial charge in [0, 0.05) is 22.3 Å². The molecular weight excluding hydrogens is 308 g/mol. The number of rotatable bonds is 4. The largest absolute Gasteiger partial charge is 0.494 e. The summed E-state index contributed by atoms with van der Waals surface area (Å²) >= 11 is 0. The van der Waals surface area contributed by atoms with Crippen LogP contribution in [0.2, 0.25) is 0 Å². The van der Waals surface area contributed by atoms with Crippen molar-refractivity contribution < 1.29 is 4.74 Å². The van der Waals surface area contributed by atoms with Gasteiger partial charge < -0.3 is 10.1 Å². The van der Waals surface area contributed by atoms with Gasteiger partial charge in [-0.25, -0.2) is 0 Å². The first kappa shape index (κ1) is 15.5. The summed E-state index contributed by atoms with van der Waals surface area (Å²) in [5.74, 6) is 3.79. The van der Waals surface area contributed by atoms with Crippen LogP contribution in [-0.2, 0) is 0 Å². The zero-order valence-corrected chi connectivity index (χ0v) is 15.3. The summed E-state index contributed by atoms with van der Waals surface area (Å²) in [6.07, 6.45) is 8.50. The van der Waals surface area contributed by atoms with Gasteiger partial charge in [0.15, 0.2) is 0 Å². The Morgan fingerprint density at radius 1 is 1.08 bits per heavy atom. The van der Waals surface area contributed by atoms with Crippen molar-refractivity contribution >= 4 is 16.6 Å². The third kappa shape index (κ3) is 2.68. The number of nitrogens with one attached hydrogen (secondary N) is 1. The molecule has 0 unspecified atom stereocenters. The fourth-order valence-electron chi connectivity index (χ4n) is 6.25. The average Bonchev–Trinajstić information content (AvgIpc) is 2.54. The molecule has 0 spiro atoms. The van der Waals surface area contributed by atoms with Gasteiger partial charge in [-0.05, 0) is 94.4 Å². The molecule has 4 fully saturated rings. The molecule has 4 aliphatic carbocycles. The molecule has 6 rings (SSSR count). The van der Waals surface area contributed by atoms with Crippen LogP contribution in [0.25, 0.3) is 10.9 Å². The monoisotopic (exact) mass is 336 g/mol. The predicted octanol–water partition coefficient (Wildman–Crippen LogP) is 5.32. The highest BCUT2D eigenvalue weighted by Crippen LogP contribution is 2.56. The minimum absolute atomic E-state index is 0.317. The van der Waals surface area contributed by atoms with Crippen LogP contribution in [0.3, 0.4) is 0 Å². The molecule has 0 radical (unpaired) electrons. The maximum atomic E-state index is 5.74. The second-order valence-corrected chi connectivity index (χ2v) is 8.75. The number of hydrogen-bond acceptors (Lipinski definition) is 3. The van der Waals surface area contributed by atoms with Crippen LogP contribution in [0.15, 0.2) is 24.3 Å². The van der Waals surface area contributed by atoms with Crippen LogP contribution < -0.4 is 10.1 Å². The van der Waals surface area contributed by atoms with Crippen LogP contribution in [0.1, 0.15) is 51.1 Å². The molecule has 1 N–H and O–H groups in total. The van der Waals surface area contributed by atoms with Crippen LogP contribution in [-0.4, -0.2) is 17.1 Å². The van der Waals surface area contributed by atoms with Crippen molar-refractivity contribution in [2.45, 2.75) is 57.9 Å². The molecule has 4 bridgehead atoms. The van der Waals surface area contributed by atoms with Crippen molar-refractivity contribution in [3.63, 3.8) is 0 Å². The molecule has 1 aromatic heterocycles. The number of aromatic nitrogens is 1. The fourth-order valence-corrected chi connectivity index (χ4v) is 6.25. The summed E-state index contributed by atoms with van der Waals surface area (Å²) in [6.45, 7) is 4.83. The Labute approximate surface area is 150 Å². The maximum absolute atomic E-state index is 5.74. The number of benzene rings is 1. The molecule has 132 valence electrons. The Kier molecular flexibility index (Phi) is 3.48. The van der Waals surface area contributed by atoms with E-state index in [1.54, 1.807) is 0 Å². The Morgan fingerprint density at radius 2 is 1.76 bits per heavy atom.